The van der Waals surface area contributed by atoms with Crippen LogP contribution in [0.25, 0.3) is 11.3 Å². The Bertz CT molecular complexity index is 946. The second kappa shape index (κ2) is 6.96. The van der Waals surface area contributed by atoms with Crippen LogP contribution in [0.4, 0.5) is 10.5 Å². The summed E-state index contributed by atoms with van der Waals surface area (Å²) < 4.78 is 23.9. The Morgan fingerprint density at radius 2 is 1.93 bits per heavy atom. The van der Waals surface area contributed by atoms with Gasteiger partial charge < -0.3 is 10.2 Å². The zero-order chi connectivity index (χ0) is 18.9. The molecule has 1 spiro atoms. The number of nitrogens with one attached hydrogen (secondary N) is 1. The lowest BCUT2D eigenvalue weighted by atomic mass is 9.80. The highest BCUT2D eigenvalue weighted by atomic mass is 32.2. The maximum Gasteiger partial charge on any atom is 0.321 e. The minimum atomic E-state index is -2.97. The number of anilines is 1. The van der Waals surface area contributed by atoms with Crippen LogP contribution >= 0.6 is 0 Å². The van der Waals surface area contributed by atoms with Gasteiger partial charge in [0, 0.05) is 30.3 Å². The summed E-state index contributed by atoms with van der Waals surface area (Å²) in [4.78, 5) is 19.1. The fraction of sp³-hybridized carbons (Fsp3) is 0.400. The van der Waals surface area contributed by atoms with Gasteiger partial charge in [0.2, 0.25) is 0 Å². The van der Waals surface area contributed by atoms with Crippen molar-refractivity contribution in [2.45, 2.75) is 19.3 Å². The number of hydrogen-bond donors (Lipinski definition) is 1. The van der Waals surface area contributed by atoms with Gasteiger partial charge in [0.05, 0.1) is 22.9 Å². The first kappa shape index (κ1) is 18.0. The summed E-state index contributed by atoms with van der Waals surface area (Å²) in [5.74, 6) is 0.440. The number of hydrogen-bond acceptors (Lipinski definition) is 4. The number of amides is 2. The van der Waals surface area contributed by atoms with Crippen LogP contribution in [0.15, 0.2) is 48.7 Å². The summed E-state index contributed by atoms with van der Waals surface area (Å²) in [5, 5.41) is 2.98. The third-order valence-electron chi connectivity index (χ3n) is 5.51. The number of benzene rings is 1. The lowest BCUT2D eigenvalue weighted by Crippen LogP contribution is -2.48. The van der Waals surface area contributed by atoms with Crippen molar-refractivity contribution in [1.29, 1.82) is 0 Å². The van der Waals surface area contributed by atoms with Crippen LogP contribution in [0, 0.1) is 5.41 Å². The Balaban J connectivity index is 1.52. The molecule has 2 saturated heterocycles. The number of likely N-dealkylation sites (tertiary alicyclic amines) is 1. The number of urea groups is 1. The van der Waals surface area contributed by atoms with Crippen LogP contribution in [0.1, 0.15) is 19.3 Å². The molecule has 0 unspecified atom stereocenters. The lowest BCUT2D eigenvalue weighted by molar-refractivity contribution is 0.130. The number of piperidine rings is 1. The highest BCUT2D eigenvalue weighted by Gasteiger charge is 2.45. The Morgan fingerprint density at radius 3 is 2.67 bits per heavy atom. The average Bonchev–Trinajstić information content (AvgIpc) is 2.96. The average molecular weight is 385 g/mol. The van der Waals surface area contributed by atoms with Crippen LogP contribution in [-0.4, -0.2) is 48.9 Å². The molecule has 2 aliphatic heterocycles. The van der Waals surface area contributed by atoms with E-state index in [9.17, 15) is 13.2 Å². The Hall–Kier alpha value is -2.41. The summed E-state index contributed by atoms with van der Waals surface area (Å²) in [6, 6.07) is 13.2. The summed E-state index contributed by atoms with van der Waals surface area (Å²) in [6.45, 7) is 1.15. The van der Waals surface area contributed by atoms with Gasteiger partial charge in [-0.05, 0) is 31.4 Å². The van der Waals surface area contributed by atoms with Gasteiger partial charge in [-0.3, -0.25) is 4.98 Å². The molecular weight excluding hydrogens is 362 g/mol. The zero-order valence-corrected chi connectivity index (χ0v) is 15.9. The van der Waals surface area contributed by atoms with Crippen molar-refractivity contribution in [3.63, 3.8) is 0 Å². The van der Waals surface area contributed by atoms with E-state index in [1.807, 2.05) is 36.4 Å². The second-order valence-electron chi connectivity index (χ2n) is 7.56. The van der Waals surface area contributed by atoms with Gasteiger partial charge in [-0.15, -0.1) is 0 Å². The van der Waals surface area contributed by atoms with E-state index in [4.69, 9.17) is 0 Å². The minimum absolute atomic E-state index is 0.191. The van der Waals surface area contributed by atoms with Gasteiger partial charge in [0.1, 0.15) is 0 Å². The summed E-state index contributed by atoms with van der Waals surface area (Å²) >= 11 is 0. The molecule has 4 rings (SSSR count). The van der Waals surface area contributed by atoms with Crippen LogP contribution in [0.3, 0.4) is 0 Å². The van der Waals surface area contributed by atoms with Crippen molar-refractivity contribution >= 4 is 21.6 Å². The molecule has 1 N–H and O–H groups in total. The van der Waals surface area contributed by atoms with E-state index < -0.39 is 9.84 Å². The van der Waals surface area contributed by atoms with Gasteiger partial charge in [-0.2, -0.15) is 0 Å². The van der Waals surface area contributed by atoms with Gasteiger partial charge in [0.25, 0.3) is 0 Å². The number of sulfone groups is 1. The quantitative estimate of drug-likeness (QED) is 0.861. The molecular formula is C20H23N3O3S. The molecule has 6 nitrogen and oxygen atoms in total. The van der Waals surface area contributed by atoms with E-state index in [1.165, 1.54) is 0 Å². The maximum atomic E-state index is 12.9. The monoisotopic (exact) mass is 385 g/mol. The maximum absolute atomic E-state index is 12.9. The molecule has 7 heteroatoms. The normalized spacial score (nSPS) is 24.1. The Labute approximate surface area is 159 Å². The standard InChI is InChI=1S/C20H23N3O3S/c24-19(23-12-5-9-20(14-23)10-13-27(25,26)15-20)22-17-8-4-11-21-18(17)16-6-2-1-3-7-16/h1-4,6-8,11H,5,9-10,12-15H2,(H,22,24)/t20-/m0/s1. The van der Waals surface area contributed by atoms with E-state index in [2.05, 4.69) is 10.3 Å². The fourth-order valence-electron chi connectivity index (χ4n) is 4.21. The van der Waals surface area contributed by atoms with Gasteiger partial charge in [0.15, 0.2) is 9.84 Å². The molecule has 142 valence electrons. The van der Waals surface area contributed by atoms with Crippen molar-refractivity contribution in [1.82, 2.24) is 9.88 Å². The first-order valence-electron chi connectivity index (χ1n) is 9.23. The molecule has 2 fully saturated rings. The van der Waals surface area contributed by atoms with Crippen molar-refractivity contribution in [2.75, 3.05) is 29.9 Å². The second-order valence-corrected chi connectivity index (χ2v) is 9.75. The smallest absolute Gasteiger partial charge is 0.321 e. The van der Waals surface area contributed by atoms with Crippen LogP contribution in [0.5, 0.6) is 0 Å². The van der Waals surface area contributed by atoms with Gasteiger partial charge >= 0.3 is 6.03 Å². The Morgan fingerprint density at radius 1 is 1.11 bits per heavy atom. The highest BCUT2D eigenvalue weighted by molar-refractivity contribution is 7.91. The molecule has 2 aromatic rings. The van der Waals surface area contributed by atoms with Crippen molar-refractivity contribution < 1.29 is 13.2 Å². The highest BCUT2D eigenvalue weighted by Crippen LogP contribution is 2.40. The molecule has 2 amide bonds. The van der Waals surface area contributed by atoms with Crippen LogP contribution in [-0.2, 0) is 9.84 Å². The number of aromatic nitrogens is 1. The number of carbonyl (C=O) groups is 1. The number of nitrogens with zero attached hydrogens (tertiary/aromatic N) is 2. The summed E-state index contributed by atoms with van der Waals surface area (Å²) in [7, 11) is -2.97. The molecule has 1 aromatic heterocycles. The number of rotatable bonds is 2. The molecule has 1 aromatic carbocycles. The lowest BCUT2D eigenvalue weighted by Gasteiger charge is -2.39. The van der Waals surface area contributed by atoms with Crippen molar-refractivity contribution in [2.24, 2.45) is 5.41 Å². The number of pyridine rings is 1. The van der Waals surface area contributed by atoms with E-state index in [1.54, 1.807) is 17.2 Å². The van der Waals surface area contributed by atoms with E-state index >= 15 is 0 Å². The molecule has 1 atom stereocenters. The summed E-state index contributed by atoms with van der Waals surface area (Å²) in [6.07, 6.45) is 4.07. The fourth-order valence-corrected chi connectivity index (χ4v) is 6.41. The third-order valence-corrected chi connectivity index (χ3v) is 7.39. The molecule has 3 heterocycles. The van der Waals surface area contributed by atoms with E-state index in [-0.39, 0.29) is 23.0 Å². The molecule has 2 aliphatic rings. The Kier molecular flexibility index (Phi) is 4.63. The molecule has 0 radical (unpaired) electrons. The van der Waals surface area contributed by atoms with Crippen LogP contribution in [0.2, 0.25) is 0 Å². The third kappa shape index (κ3) is 3.83. The zero-order valence-electron chi connectivity index (χ0n) is 15.1. The van der Waals surface area contributed by atoms with Gasteiger partial charge in [-0.1, -0.05) is 30.3 Å². The first-order valence-corrected chi connectivity index (χ1v) is 11.1. The van der Waals surface area contributed by atoms with Crippen molar-refractivity contribution in [3.8, 4) is 11.3 Å². The van der Waals surface area contributed by atoms with Crippen LogP contribution < -0.4 is 5.32 Å². The summed E-state index contributed by atoms with van der Waals surface area (Å²) in [5.41, 5.74) is 2.05. The largest absolute Gasteiger partial charge is 0.324 e. The van der Waals surface area contributed by atoms with E-state index in [0.717, 1.165) is 24.1 Å². The van der Waals surface area contributed by atoms with Gasteiger partial charge in [-0.25, -0.2) is 13.2 Å². The molecule has 0 aliphatic carbocycles. The van der Waals surface area contributed by atoms with E-state index in [0.29, 0.717) is 25.2 Å². The SMILES string of the molecule is O=C(Nc1cccnc1-c1ccccc1)N1CCC[C@]2(CCS(=O)(=O)C2)C1. The molecule has 0 bridgehead atoms. The number of carbonyl (C=O) groups excluding carboxylic acids is 1. The molecule has 0 saturated carbocycles. The molecule has 27 heavy (non-hydrogen) atoms. The topological polar surface area (TPSA) is 79.4 Å². The predicted octanol–water partition coefficient (Wildman–Crippen LogP) is 3.18. The predicted molar refractivity (Wildman–Crippen MR) is 105 cm³/mol. The first-order chi connectivity index (χ1) is 13.0. The van der Waals surface area contributed by atoms with Crippen molar-refractivity contribution in [3.05, 3.63) is 48.7 Å². The minimum Gasteiger partial charge on any atom is -0.324 e.